The monoisotopic (exact) mass is 284 g/mol. The molecular weight excluding hydrogens is 248 g/mol. The van der Waals surface area contributed by atoms with Crippen LogP contribution >= 0.6 is 0 Å². The molecular formula is C18H36O2. The lowest BCUT2D eigenvalue weighted by molar-refractivity contribution is -0.340. The van der Waals surface area contributed by atoms with Gasteiger partial charge in [0, 0.05) is 0 Å². The van der Waals surface area contributed by atoms with Gasteiger partial charge < -0.3 is 0 Å². The molecule has 0 spiro atoms. The van der Waals surface area contributed by atoms with Gasteiger partial charge in [0.15, 0.2) is 0 Å². The average Bonchev–Trinajstić information content (AvgIpc) is 2.34. The van der Waals surface area contributed by atoms with Gasteiger partial charge in [-0.25, -0.2) is 4.89 Å². The molecule has 0 aromatic carbocycles. The molecule has 0 saturated heterocycles. The second-order valence-electron chi connectivity index (χ2n) is 8.96. The predicted molar refractivity (Wildman–Crippen MR) is 85.8 cm³/mol. The van der Waals surface area contributed by atoms with E-state index in [0.29, 0.717) is 5.41 Å². The maximum atomic E-state index is 9.44. The highest BCUT2D eigenvalue weighted by Gasteiger charge is 2.54. The normalized spacial score (nSPS) is 22.8. The molecule has 1 N–H and O–H groups in total. The number of hydrogen-bond donors (Lipinski definition) is 1. The van der Waals surface area contributed by atoms with Gasteiger partial charge in [0.1, 0.15) is 5.60 Å². The summed E-state index contributed by atoms with van der Waals surface area (Å²) in [6.45, 7) is 16.4. The zero-order valence-electron chi connectivity index (χ0n) is 14.8. The summed E-state index contributed by atoms with van der Waals surface area (Å²) in [5, 5.41) is 9.44. The lowest BCUT2D eigenvalue weighted by atomic mass is 9.47. The Morgan fingerprint density at radius 1 is 0.900 bits per heavy atom. The second kappa shape index (κ2) is 5.96. The molecule has 1 fully saturated rings. The summed E-state index contributed by atoms with van der Waals surface area (Å²) >= 11 is 0. The molecule has 1 aliphatic carbocycles. The van der Waals surface area contributed by atoms with Gasteiger partial charge in [-0.3, -0.25) is 5.26 Å². The van der Waals surface area contributed by atoms with E-state index in [9.17, 15) is 5.26 Å². The van der Waals surface area contributed by atoms with Crippen molar-refractivity contribution in [2.24, 2.45) is 16.2 Å². The Morgan fingerprint density at radius 2 is 1.35 bits per heavy atom. The first-order valence-electron chi connectivity index (χ1n) is 8.36. The molecule has 0 aliphatic heterocycles. The maximum absolute atomic E-state index is 9.44. The van der Waals surface area contributed by atoms with Gasteiger partial charge in [0.25, 0.3) is 0 Å². The summed E-state index contributed by atoms with van der Waals surface area (Å²) in [6, 6.07) is 0. The van der Waals surface area contributed by atoms with Crippen molar-refractivity contribution in [1.82, 2.24) is 0 Å². The summed E-state index contributed by atoms with van der Waals surface area (Å²) in [5.41, 5.74) is 0.583. The van der Waals surface area contributed by atoms with Crippen molar-refractivity contribution < 1.29 is 10.1 Å². The molecule has 0 amide bonds. The van der Waals surface area contributed by atoms with E-state index in [1.54, 1.807) is 0 Å². The van der Waals surface area contributed by atoms with Gasteiger partial charge >= 0.3 is 0 Å². The Bertz CT molecular complexity index is 282. The molecule has 1 saturated carbocycles. The second-order valence-corrected chi connectivity index (χ2v) is 8.96. The summed E-state index contributed by atoms with van der Waals surface area (Å²) in [4.78, 5) is 5.00. The van der Waals surface area contributed by atoms with Gasteiger partial charge in [-0.15, -0.1) is 0 Å². The molecule has 1 rings (SSSR count). The molecule has 120 valence electrons. The highest BCUT2D eigenvalue weighted by atomic mass is 17.1. The van der Waals surface area contributed by atoms with E-state index >= 15 is 0 Å². The molecule has 20 heavy (non-hydrogen) atoms. The van der Waals surface area contributed by atoms with Gasteiger partial charge in [-0.2, -0.15) is 0 Å². The van der Waals surface area contributed by atoms with Crippen molar-refractivity contribution >= 4 is 0 Å². The van der Waals surface area contributed by atoms with Crippen molar-refractivity contribution in [1.29, 1.82) is 0 Å². The molecule has 0 atom stereocenters. The first kappa shape index (κ1) is 18.0. The number of unbranched alkanes of at least 4 members (excludes halogenated alkanes) is 1. The summed E-state index contributed by atoms with van der Waals surface area (Å²) in [5.74, 6) is 0. The van der Waals surface area contributed by atoms with Gasteiger partial charge in [0.05, 0.1) is 0 Å². The highest BCUT2D eigenvalue weighted by Crippen LogP contribution is 2.61. The molecule has 0 bridgehead atoms. The number of rotatable bonds is 4. The Balaban J connectivity index is 2.94. The quantitative estimate of drug-likeness (QED) is 0.502. The van der Waals surface area contributed by atoms with E-state index in [-0.39, 0.29) is 16.4 Å². The topological polar surface area (TPSA) is 29.5 Å². The van der Waals surface area contributed by atoms with Gasteiger partial charge in [0.2, 0.25) is 0 Å². The van der Waals surface area contributed by atoms with Crippen molar-refractivity contribution in [3.8, 4) is 0 Å². The minimum atomic E-state index is -0.282. The molecule has 0 aromatic heterocycles. The molecule has 1 aliphatic rings. The molecule has 0 heterocycles. The minimum Gasteiger partial charge on any atom is -0.251 e. The van der Waals surface area contributed by atoms with Crippen LogP contribution in [-0.4, -0.2) is 10.9 Å². The van der Waals surface area contributed by atoms with Crippen molar-refractivity contribution in [3.63, 3.8) is 0 Å². The third-order valence-corrected chi connectivity index (χ3v) is 6.07. The Labute approximate surface area is 126 Å². The van der Waals surface area contributed by atoms with Crippen LogP contribution < -0.4 is 0 Å². The van der Waals surface area contributed by atoms with Crippen LogP contribution in [0.2, 0.25) is 0 Å². The zero-order valence-corrected chi connectivity index (χ0v) is 14.8. The maximum Gasteiger partial charge on any atom is 0.103 e. The Kier molecular flexibility index (Phi) is 5.36. The highest BCUT2D eigenvalue weighted by molar-refractivity contribution is 5.04. The standard InChI is InChI=1S/C18H36O2/c1-8-9-10-17(20-19)11-13-18(14-12-17,15(2,3)4)16(5,6)7/h19H,8-14H2,1-7H3. The summed E-state index contributed by atoms with van der Waals surface area (Å²) in [7, 11) is 0. The zero-order chi connectivity index (χ0) is 15.7. The molecule has 2 nitrogen and oxygen atoms in total. The van der Waals surface area contributed by atoms with Crippen LogP contribution in [0.25, 0.3) is 0 Å². The lowest BCUT2D eigenvalue weighted by Gasteiger charge is -2.58. The van der Waals surface area contributed by atoms with E-state index in [4.69, 9.17) is 4.89 Å². The van der Waals surface area contributed by atoms with Crippen LogP contribution in [0.4, 0.5) is 0 Å². The van der Waals surface area contributed by atoms with Crippen LogP contribution in [0, 0.1) is 16.2 Å². The van der Waals surface area contributed by atoms with E-state index in [1.165, 1.54) is 0 Å². The first-order valence-corrected chi connectivity index (χ1v) is 8.36. The summed E-state index contributed by atoms with van der Waals surface area (Å²) in [6.07, 6.45) is 7.54. The van der Waals surface area contributed by atoms with Crippen molar-refractivity contribution in [3.05, 3.63) is 0 Å². The van der Waals surface area contributed by atoms with Crippen LogP contribution in [-0.2, 0) is 4.89 Å². The van der Waals surface area contributed by atoms with Gasteiger partial charge in [-0.05, 0) is 48.3 Å². The largest absolute Gasteiger partial charge is 0.251 e. The number of hydrogen-bond acceptors (Lipinski definition) is 2. The Morgan fingerprint density at radius 3 is 1.65 bits per heavy atom. The van der Waals surface area contributed by atoms with E-state index in [1.807, 2.05) is 0 Å². The fourth-order valence-corrected chi connectivity index (χ4v) is 4.64. The van der Waals surface area contributed by atoms with Gasteiger partial charge in [-0.1, -0.05) is 61.3 Å². The van der Waals surface area contributed by atoms with Crippen molar-refractivity contribution in [2.45, 2.75) is 99.0 Å². The van der Waals surface area contributed by atoms with Crippen LogP contribution in [0.5, 0.6) is 0 Å². The summed E-state index contributed by atoms with van der Waals surface area (Å²) < 4.78 is 0. The third-order valence-electron chi connectivity index (χ3n) is 6.07. The Hall–Kier alpha value is -0.0800. The molecule has 0 aromatic rings. The lowest BCUT2D eigenvalue weighted by Crippen LogP contribution is -2.52. The predicted octanol–water partition coefficient (Wildman–Crippen LogP) is 6.06. The van der Waals surface area contributed by atoms with Crippen LogP contribution in [0.1, 0.15) is 93.4 Å². The smallest absolute Gasteiger partial charge is 0.103 e. The first-order chi connectivity index (χ1) is 9.04. The molecule has 2 heteroatoms. The minimum absolute atomic E-state index is 0.275. The van der Waals surface area contributed by atoms with Crippen molar-refractivity contribution in [2.75, 3.05) is 0 Å². The van der Waals surface area contributed by atoms with Crippen LogP contribution in [0.3, 0.4) is 0 Å². The molecule has 0 unspecified atom stereocenters. The fourth-order valence-electron chi connectivity index (χ4n) is 4.64. The van der Waals surface area contributed by atoms with Crippen LogP contribution in [0.15, 0.2) is 0 Å². The van der Waals surface area contributed by atoms with E-state index < -0.39 is 0 Å². The third kappa shape index (κ3) is 3.22. The molecule has 0 radical (unpaired) electrons. The van der Waals surface area contributed by atoms with E-state index in [2.05, 4.69) is 48.5 Å². The average molecular weight is 284 g/mol. The van der Waals surface area contributed by atoms with E-state index in [0.717, 1.165) is 44.9 Å². The SMILES string of the molecule is CCCCC1(OO)CCC(C(C)(C)C)(C(C)(C)C)CC1. The fraction of sp³-hybridized carbons (Fsp3) is 1.00.